The van der Waals surface area contributed by atoms with Crippen LogP contribution in [0.3, 0.4) is 0 Å². The van der Waals surface area contributed by atoms with Crippen LogP contribution in [0.1, 0.15) is 29.0 Å². The average molecular weight is 320 g/mol. The lowest BCUT2D eigenvalue weighted by atomic mass is 10.0. The molecular weight excluding hydrogens is 302 g/mol. The van der Waals surface area contributed by atoms with Crippen molar-refractivity contribution in [3.63, 3.8) is 0 Å². The number of rotatable bonds is 2. The number of aromatic nitrogens is 1. The molecule has 1 aliphatic heterocycles. The number of carbonyl (C=O) groups is 1. The Morgan fingerprint density at radius 3 is 2.73 bits per heavy atom. The molecule has 2 aromatic rings. The Morgan fingerprint density at radius 1 is 1.36 bits per heavy atom. The topological polar surface area (TPSA) is 72.4 Å². The first kappa shape index (κ1) is 15.1. The van der Waals surface area contributed by atoms with Gasteiger partial charge in [0.25, 0.3) is 5.91 Å². The van der Waals surface area contributed by atoms with Crippen LogP contribution in [-0.4, -0.2) is 35.1 Å². The number of amides is 1. The summed E-state index contributed by atoms with van der Waals surface area (Å²) >= 11 is 6.23. The van der Waals surface area contributed by atoms with Crippen molar-refractivity contribution in [2.45, 2.75) is 25.8 Å². The smallest absolute Gasteiger partial charge is 0.259 e. The van der Waals surface area contributed by atoms with Crippen molar-refractivity contribution in [2.24, 2.45) is 5.73 Å². The van der Waals surface area contributed by atoms with Gasteiger partial charge in [0.2, 0.25) is 0 Å². The Hall–Kier alpha value is -1.85. The maximum absolute atomic E-state index is 12.8. The molecule has 3 rings (SSSR count). The Kier molecular flexibility index (Phi) is 4.18. The van der Waals surface area contributed by atoms with Crippen LogP contribution < -0.4 is 5.73 Å². The van der Waals surface area contributed by atoms with Gasteiger partial charge >= 0.3 is 0 Å². The van der Waals surface area contributed by atoms with Gasteiger partial charge in [0, 0.05) is 24.7 Å². The summed E-state index contributed by atoms with van der Waals surface area (Å²) in [5, 5.41) is 4.59. The maximum atomic E-state index is 12.8. The van der Waals surface area contributed by atoms with E-state index in [1.54, 1.807) is 13.0 Å². The summed E-state index contributed by atoms with van der Waals surface area (Å²) < 4.78 is 5.26. The normalized spacial score (nSPS) is 16.0. The molecule has 6 heteroatoms. The Labute approximate surface area is 134 Å². The molecule has 0 bridgehead atoms. The number of halogens is 1. The number of nitrogens with zero attached hydrogens (tertiary/aromatic N) is 2. The first-order chi connectivity index (χ1) is 10.6. The fourth-order valence-corrected chi connectivity index (χ4v) is 2.95. The van der Waals surface area contributed by atoms with E-state index in [4.69, 9.17) is 21.9 Å². The van der Waals surface area contributed by atoms with E-state index in [2.05, 4.69) is 5.16 Å². The molecule has 1 amide bonds. The Balaban J connectivity index is 1.96. The van der Waals surface area contributed by atoms with Crippen LogP contribution in [0.15, 0.2) is 28.8 Å². The summed E-state index contributed by atoms with van der Waals surface area (Å²) in [6.07, 6.45) is 1.63. The van der Waals surface area contributed by atoms with Gasteiger partial charge in [-0.15, -0.1) is 0 Å². The van der Waals surface area contributed by atoms with Gasteiger partial charge in [-0.05, 0) is 25.8 Å². The molecular formula is C16H18ClN3O2. The molecule has 0 unspecified atom stereocenters. The van der Waals surface area contributed by atoms with Crippen LogP contribution in [0.5, 0.6) is 0 Å². The van der Waals surface area contributed by atoms with E-state index in [0.29, 0.717) is 40.7 Å². The quantitative estimate of drug-likeness (QED) is 0.923. The van der Waals surface area contributed by atoms with Crippen molar-refractivity contribution in [3.05, 3.63) is 40.6 Å². The van der Waals surface area contributed by atoms with E-state index in [0.717, 1.165) is 12.8 Å². The van der Waals surface area contributed by atoms with Crippen LogP contribution in [0.2, 0.25) is 5.02 Å². The third-order valence-corrected chi connectivity index (χ3v) is 4.36. The predicted molar refractivity (Wildman–Crippen MR) is 84.8 cm³/mol. The molecule has 0 atom stereocenters. The molecule has 1 aliphatic rings. The van der Waals surface area contributed by atoms with Crippen molar-refractivity contribution in [1.82, 2.24) is 10.1 Å². The molecule has 0 radical (unpaired) electrons. The monoisotopic (exact) mass is 319 g/mol. The minimum atomic E-state index is -0.0689. The van der Waals surface area contributed by atoms with Crippen LogP contribution in [0.4, 0.5) is 0 Å². The van der Waals surface area contributed by atoms with Gasteiger partial charge in [0.1, 0.15) is 17.0 Å². The predicted octanol–water partition coefficient (Wildman–Crippen LogP) is 2.87. The van der Waals surface area contributed by atoms with Crippen molar-refractivity contribution >= 4 is 17.5 Å². The second kappa shape index (κ2) is 6.10. The van der Waals surface area contributed by atoms with Crippen molar-refractivity contribution in [1.29, 1.82) is 0 Å². The van der Waals surface area contributed by atoms with E-state index in [1.807, 2.05) is 23.1 Å². The lowest BCUT2D eigenvalue weighted by Crippen LogP contribution is -2.43. The molecule has 2 N–H and O–H groups in total. The van der Waals surface area contributed by atoms with E-state index < -0.39 is 0 Å². The van der Waals surface area contributed by atoms with Crippen molar-refractivity contribution in [3.8, 4) is 11.3 Å². The summed E-state index contributed by atoms with van der Waals surface area (Å²) in [5.74, 6) is 0.440. The number of aryl methyl sites for hydroxylation is 1. The van der Waals surface area contributed by atoms with Gasteiger partial charge in [-0.1, -0.05) is 35.0 Å². The summed E-state index contributed by atoms with van der Waals surface area (Å²) in [6.45, 7) is 3.06. The average Bonchev–Trinajstić information content (AvgIpc) is 2.89. The second-order valence-corrected chi connectivity index (χ2v) is 5.98. The van der Waals surface area contributed by atoms with E-state index in [-0.39, 0.29) is 11.9 Å². The summed E-state index contributed by atoms with van der Waals surface area (Å²) in [7, 11) is 0. The number of nitrogens with two attached hydrogens (primary N) is 1. The fourth-order valence-electron chi connectivity index (χ4n) is 2.72. The zero-order chi connectivity index (χ0) is 15.7. The highest BCUT2D eigenvalue weighted by Crippen LogP contribution is 2.32. The number of carbonyl (C=O) groups excluding carboxylic acids is 1. The number of benzene rings is 1. The minimum Gasteiger partial charge on any atom is -0.360 e. The van der Waals surface area contributed by atoms with Crippen molar-refractivity contribution < 1.29 is 9.32 Å². The number of hydrogen-bond donors (Lipinski definition) is 1. The zero-order valence-electron chi connectivity index (χ0n) is 12.4. The minimum absolute atomic E-state index is 0.0689. The number of piperidine rings is 1. The SMILES string of the molecule is Cc1onc(-c2ccccc2Cl)c1C(=O)N1CCC(N)CC1. The molecule has 5 nitrogen and oxygen atoms in total. The van der Waals surface area contributed by atoms with E-state index in [1.165, 1.54) is 0 Å². The molecule has 1 aromatic carbocycles. The molecule has 1 aromatic heterocycles. The van der Waals surface area contributed by atoms with E-state index >= 15 is 0 Å². The lowest BCUT2D eigenvalue weighted by molar-refractivity contribution is 0.0713. The highest BCUT2D eigenvalue weighted by atomic mass is 35.5. The molecule has 0 aliphatic carbocycles. The number of likely N-dealkylation sites (tertiary alicyclic amines) is 1. The second-order valence-electron chi connectivity index (χ2n) is 5.57. The Bertz CT molecular complexity index is 690. The van der Waals surface area contributed by atoms with Gasteiger partial charge in [-0.3, -0.25) is 4.79 Å². The van der Waals surface area contributed by atoms with Crippen LogP contribution in [-0.2, 0) is 0 Å². The van der Waals surface area contributed by atoms with Gasteiger partial charge in [0.15, 0.2) is 0 Å². The molecule has 1 fully saturated rings. The molecule has 0 saturated carbocycles. The third kappa shape index (κ3) is 2.74. The standard InChI is InChI=1S/C16H18ClN3O2/c1-10-14(16(21)20-8-6-11(18)7-9-20)15(19-22-10)12-4-2-3-5-13(12)17/h2-5,11H,6-9,18H2,1H3. The molecule has 2 heterocycles. The number of hydrogen-bond acceptors (Lipinski definition) is 4. The zero-order valence-corrected chi connectivity index (χ0v) is 13.1. The lowest BCUT2D eigenvalue weighted by Gasteiger charge is -2.30. The first-order valence-electron chi connectivity index (χ1n) is 7.34. The Morgan fingerprint density at radius 2 is 2.05 bits per heavy atom. The maximum Gasteiger partial charge on any atom is 0.259 e. The van der Waals surface area contributed by atoms with Gasteiger partial charge in [-0.25, -0.2) is 0 Å². The summed E-state index contributed by atoms with van der Waals surface area (Å²) in [5.41, 5.74) is 7.60. The van der Waals surface area contributed by atoms with Gasteiger partial charge in [0.05, 0.1) is 5.02 Å². The highest BCUT2D eigenvalue weighted by molar-refractivity contribution is 6.33. The molecule has 116 valence electrons. The third-order valence-electron chi connectivity index (χ3n) is 4.03. The molecule has 0 spiro atoms. The van der Waals surface area contributed by atoms with Crippen LogP contribution in [0.25, 0.3) is 11.3 Å². The largest absolute Gasteiger partial charge is 0.360 e. The van der Waals surface area contributed by atoms with Gasteiger partial charge < -0.3 is 15.2 Å². The first-order valence-corrected chi connectivity index (χ1v) is 7.71. The summed E-state index contributed by atoms with van der Waals surface area (Å²) in [6, 6.07) is 7.49. The van der Waals surface area contributed by atoms with E-state index in [9.17, 15) is 4.79 Å². The summed E-state index contributed by atoms with van der Waals surface area (Å²) in [4.78, 5) is 14.6. The van der Waals surface area contributed by atoms with Crippen LogP contribution >= 0.6 is 11.6 Å². The van der Waals surface area contributed by atoms with Gasteiger partial charge in [-0.2, -0.15) is 0 Å². The molecule has 22 heavy (non-hydrogen) atoms. The van der Waals surface area contributed by atoms with Crippen molar-refractivity contribution in [2.75, 3.05) is 13.1 Å². The van der Waals surface area contributed by atoms with Crippen LogP contribution in [0, 0.1) is 6.92 Å². The highest BCUT2D eigenvalue weighted by Gasteiger charge is 2.28. The molecule has 1 saturated heterocycles. The fraction of sp³-hybridized carbons (Fsp3) is 0.375.